The number of rotatable bonds is 0. The normalized spacial score (nSPS) is 18.6. The molecule has 1 aliphatic carbocycles. The minimum absolute atomic E-state index is 0.206. The summed E-state index contributed by atoms with van der Waals surface area (Å²) in [6.45, 7) is 0. The van der Waals surface area contributed by atoms with E-state index in [1.165, 1.54) is 6.08 Å². The third-order valence-corrected chi connectivity index (χ3v) is 1.22. The maximum Gasteiger partial charge on any atom is 0.196 e. The molecule has 1 rings (SSSR count). The van der Waals surface area contributed by atoms with Crippen LogP contribution in [0.25, 0.3) is 0 Å². The Hall–Kier alpha value is -1.38. The van der Waals surface area contributed by atoms with Crippen LogP contribution in [0.4, 0.5) is 0 Å². The van der Waals surface area contributed by atoms with Gasteiger partial charge >= 0.3 is 0 Å². The molecule has 0 aromatic carbocycles. The van der Waals surface area contributed by atoms with Gasteiger partial charge in [0.05, 0.1) is 0 Å². The third kappa shape index (κ3) is 1.13. The number of hydrogen-bond acceptors (Lipinski definition) is 3. The average Bonchev–Trinajstić information content (AvgIpc) is 2.04. The Bertz CT molecular complexity index is 217. The Balaban J connectivity index is 3.00. The Morgan fingerprint density at radius 2 is 1.90 bits per heavy atom. The van der Waals surface area contributed by atoms with Gasteiger partial charge in [-0.25, -0.2) is 0 Å². The van der Waals surface area contributed by atoms with Gasteiger partial charge in [0.15, 0.2) is 11.5 Å². The zero-order valence-corrected chi connectivity index (χ0v) is 5.28. The van der Waals surface area contributed by atoms with Crippen LogP contribution in [0.2, 0.25) is 0 Å². The van der Waals surface area contributed by atoms with Crippen LogP contribution < -0.4 is 0 Å². The molecule has 0 spiro atoms. The molecule has 0 aromatic rings. The molecule has 0 unspecified atom stereocenters. The number of hydrogen-bond donors (Lipinski definition) is 3. The van der Waals surface area contributed by atoms with Gasteiger partial charge in [-0.1, -0.05) is 12.2 Å². The molecule has 3 N–H and O–H groups in total. The molecule has 0 radical (unpaired) electrons. The highest BCUT2D eigenvalue weighted by molar-refractivity contribution is 5.28. The molecule has 3 heteroatoms. The summed E-state index contributed by atoms with van der Waals surface area (Å²) in [4.78, 5) is 0. The largest absolute Gasteiger partial charge is 0.508 e. The fourth-order valence-corrected chi connectivity index (χ4v) is 0.662. The lowest BCUT2D eigenvalue weighted by molar-refractivity contribution is 0.281. The van der Waals surface area contributed by atoms with Crippen molar-refractivity contribution in [1.82, 2.24) is 0 Å². The second-order valence-corrected chi connectivity index (χ2v) is 1.98. The van der Waals surface area contributed by atoms with Gasteiger partial charge in [0.25, 0.3) is 0 Å². The van der Waals surface area contributed by atoms with Crippen molar-refractivity contribution in [2.24, 2.45) is 0 Å². The van der Waals surface area contributed by atoms with Crippen LogP contribution in [0.1, 0.15) is 6.42 Å². The van der Waals surface area contributed by atoms with Crippen LogP contribution in [0.15, 0.2) is 35.5 Å². The van der Waals surface area contributed by atoms with Gasteiger partial charge in [-0.3, -0.25) is 0 Å². The van der Waals surface area contributed by atoms with Crippen molar-refractivity contribution in [3.63, 3.8) is 0 Å². The SMILES string of the molecule is OC1=CC=CCC(O)=C1O. The van der Waals surface area contributed by atoms with E-state index in [1.54, 1.807) is 12.2 Å². The third-order valence-electron chi connectivity index (χ3n) is 1.22. The van der Waals surface area contributed by atoms with Crippen LogP contribution in [-0.2, 0) is 0 Å². The van der Waals surface area contributed by atoms with Gasteiger partial charge in [-0.15, -0.1) is 0 Å². The maximum atomic E-state index is 8.91. The highest BCUT2D eigenvalue weighted by atomic mass is 16.3. The monoisotopic (exact) mass is 140 g/mol. The van der Waals surface area contributed by atoms with Crippen molar-refractivity contribution >= 4 is 0 Å². The van der Waals surface area contributed by atoms with E-state index >= 15 is 0 Å². The summed E-state index contributed by atoms with van der Waals surface area (Å²) in [6, 6.07) is 0. The molecule has 54 valence electrons. The molecule has 0 aromatic heterocycles. The Labute approximate surface area is 58.2 Å². The highest BCUT2D eigenvalue weighted by Gasteiger charge is 2.07. The summed E-state index contributed by atoms with van der Waals surface area (Å²) >= 11 is 0. The zero-order valence-electron chi connectivity index (χ0n) is 5.28. The van der Waals surface area contributed by atoms with Crippen LogP contribution >= 0.6 is 0 Å². The molecule has 10 heavy (non-hydrogen) atoms. The molecule has 1 aliphatic rings. The van der Waals surface area contributed by atoms with Crippen molar-refractivity contribution in [2.75, 3.05) is 0 Å². The molecule has 0 saturated heterocycles. The molecule has 0 heterocycles. The smallest absolute Gasteiger partial charge is 0.196 e. The van der Waals surface area contributed by atoms with Crippen LogP contribution in [0.3, 0.4) is 0 Å². The first kappa shape index (κ1) is 6.74. The van der Waals surface area contributed by atoms with Crippen LogP contribution in [-0.4, -0.2) is 15.3 Å². The van der Waals surface area contributed by atoms with Gasteiger partial charge in [0.1, 0.15) is 5.76 Å². The summed E-state index contributed by atoms with van der Waals surface area (Å²) in [7, 11) is 0. The van der Waals surface area contributed by atoms with Gasteiger partial charge in [0.2, 0.25) is 0 Å². The quantitative estimate of drug-likeness (QED) is 0.480. The summed E-state index contributed by atoms with van der Waals surface area (Å²) in [5, 5.41) is 26.7. The van der Waals surface area contributed by atoms with Crippen molar-refractivity contribution < 1.29 is 15.3 Å². The van der Waals surface area contributed by atoms with Gasteiger partial charge in [-0.05, 0) is 6.08 Å². The maximum absolute atomic E-state index is 8.91. The minimum atomic E-state index is -0.440. The van der Waals surface area contributed by atoms with Crippen molar-refractivity contribution in [3.05, 3.63) is 35.5 Å². The lowest BCUT2D eigenvalue weighted by Gasteiger charge is -1.98. The van der Waals surface area contributed by atoms with E-state index in [9.17, 15) is 0 Å². The molecule has 0 saturated carbocycles. The fourth-order valence-electron chi connectivity index (χ4n) is 0.662. The van der Waals surface area contributed by atoms with Crippen LogP contribution in [0, 0.1) is 0 Å². The highest BCUT2D eigenvalue weighted by Crippen LogP contribution is 2.13. The van der Waals surface area contributed by atoms with E-state index in [0.717, 1.165) is 0 Å². The van der Waals surface area contributed by atoms with Crippen molar-refractivity contribution in [3.8, 4) is 0 Å². The van der Waals surface area contributed by atoms with E-state index in [1.807, 2.05) is 0 Å². The van der Waals surface area contributed by atoms with E-state index < -0.39 is 5.76 Å². The predicted molar refractivity (Wildman–Crippen MR) is 36.8 cm³/mol. The number of allylic oxidation sites excluding steroid dienone is 3. The van der Waals surface area contributed by atoms with E-state index in [4.69, 9.17) is 15.3 Å². The van der Waals surface area contributed by atoms with Gasteiger partial charge in [0, 0.05) is 6.42 Å². The molecular weight excluding hydrogens is 132 g/mol. The van der Waals surface area contributed by atoms with E-state index in [2.05, 4.69) is 0 Å². The first-order valence-corrected chi connectivity index (χ1v) is 2.89. The average molecular weight is 140 g/mol. The molecule has 0 fully saturated rings. The number of aliphatic hydroxyl groups excluding tert-OH is 3. The lowest BCUT2D eigenvalue weighted by atomic mass is 10.3. The Morgan fingerprint density at radius 1 is 1.20 bits per heavy atom. The zero-order chi connectivity index (χ0) is 7.56. The molecular formula is C7H8O3. The first-order valence-electron chi connectivity index (χ1n) is 2.89. The summed E-state index contributed by atoms with van der Waals surface area (Å²) in [5.41, 5.74) is 0. The number of aliphatic hydroxyl groups is 3. The van der Waals surface area contributed by atoms with E-state index in [-0.39, 0.29) is 17.9 Å². The van der Waals surface area contributed by atoms with Crippen LogP contribution in [0.5, 0.6) is 0 Å². The van der Waals surface area contributed by atoms with Crippen molar-refractivity contribution in [2.45, 2.75) is 6.42 Å². The molecule has 0 amide bonds. The summed E-state index contributed by atoms with van der Waals surface area (Å²) in [6.07, 6.45) is 4.77. The first-order chi connectivity index (χ1) is 4.72. The van der Waals surface area contributed by atoms with Crippen molar-refractivity contribution in [1.29, 1.82) is 0 Å². The second-order valence-electron chi connectivity index (χ2n) is 1.98. The predicted octanol–water partition coefficient (Wildman–Crippen LogP) is 1.72. The minimum Gasteiger partial charge on any atom is -0.508 e. The standard InChI is InChI=1S/C7H8O3/c8-5-3-1-2-4-6(9)7(5)10/h1-3,8-10H,4H2. The van der Waals surface area contributed by atoms with Gasteiger partial charge in [-0.2, -0.15) is 0 Å². The molecule has 0 atom stereocenters. The lowest BCUT2D eigenvalue weighted by Crippen LogP contribution is -1.91. The van der Waals surface area contributed by atoms with E-state index in [0.29, 0.717) is 0 Å². The summed E-state index contributed by atoms with van der Waals surface area (Å²) in [5.74, 6) is -0.946. The molecule has 3 nitrogen and oxygen atoms in total. The van der Waals surface area contributed by atoms with Gasteiger partial charge < -0.3 is 15.3 Å². The molecule has 0 bridgehead atoms. The fraction of sp³-hybridized carbons (Fsp3) is 0.143. The molecule has 0 aliphatic heterocycles. The Kier molecular flexibility index (Phi) is 1.67. The second kappa shape index (κ2) is 2.47. The summed E-state index contributed by atoms with van der Waals surface area (Å²) < 4.78 is 0. The topological polar surface area (TPSA) is 60.7 Å². The Morgan fingerprint density at radius 3 is 2.60 bits per heavy atom.